The first-order chi connectivity index (χ1) is 14.2. The molecule has 4 rings (SSSR count). The van der Waals surface area contributed by atoms with Crippen LogP contribution < -0.4 is 10.5 Å². The van der Waals surface area contributed by atoms with Crippen molar-refractivity contribution in [3.63, 3.8) is 0 Å². The van der Waals surface area contributed by atoms with Crippen molar-refractivity contribution in [2.45, 2.75) is 11.4 Å². The molecule has 9 nitrogen and oxygen atoms in total. The third-order valence-electron chi connectivity index (χ3n) is 4.89. The second-order valence-electron chi connectivity index (χ2n) is 6.99. The predicted octanol–water partition coefficient (Wildman–Crippen LogP) is 2.35. The van der Waals surface area contributed by atoms with Crippen LogP contribution in [0.5, 0.6) is 0 Å². The highest BCUT2D eigenvalue weighted by molar-refractivity contribution is 7.90. The number of aromatic nitrogens is 1. The van der Waals surface area contributed by atoms with Crippen molar-refractivity contribution >= 4 is 53.4 Å². The molecule has 0 N–H and O–H groups in total. The van der Waals surface area contributed by atoms with E-state index in [9.17, 15) is 23.3 Å². The average Bonchev–Trinajstić information content (AvgIpc) is 3.20. The Morgan fingerprint density at radius 2 is 1.97 bits per heavy atom. The van der Waals surface area contributed by atoms with Gasteiger partial charge in [0.15, 0.2) is 15.0 Å². The molecule has 0 aliphatic carbocycles. The standard InChI is InChI=1S/C18H18N4O5S3/c1-30(26,27)13-9-14-16(15(10-13)22(24)25)29-18(19-17(14)23)21-6-4-20(5-7-21)11-12-3-2-8-28-12/h2-3,8-10H,4-7,11H2,1H3. The van der Waals surface area contributed by atoms with Gasteiger partial charge in [0.05, 0.1) is 15.2 Å². The molecule has 0 radical (unpaired) electrons. The van der Waals surface area contributed by atoms with E-state index in [0.29, 0.717) is 18.2 Å². The van der Waals surface area contributed by atoms with Gasteiger partial charge in [0.1, 0.15) is 4.70 Å². The normalized spacial score (nSPS) is 15.6. The van der Waals surface area contributed by atoms with E-state index >= 15 is 0 Å². The third-order valence-corrected chi connectivity index (χ3v) is 8.01. The molecule has 1 saturated heterocycles. The van der Waals surface area contributed by atoms with Gasteiger partial charge < -0.3 is 4.90 Å². The highest BCUT2D eigenvalue weighted by Crippen LogP contribution is 2.34. The molecule has 0 amide bonds. The van der Waals surface area contributed by atoms with E-state index in [-0.39, 0.29) is 15.0 Å². The number of thiophene rings is 1. The number of non-ortho nitro benzene ring substituents is 1. The Morgan fingerprint density at radius 1 is 1.23 bits per heavy atom. The SMILES string of the molecule is CS(=O)(=O)c1cc([N+](=O)[O-])c2sc(N3CCN(Cc4cccs4)CC3)nc(=O)c2c1. The minimum atomic E-state index is -3.71. The fraction of sp³-hybridized carbons (Fsp3) is 0.333. The number of piperazine rings is 1. The van der Waals surface area contributed by atoms with Crippen molar-refractivity contribution in [2.24, 2.45) is 0 Å². The van der Waals surface area contributed by atoms with Crippen LogP contribution in [0.1, 0.15) is 4.88 Å². The van der Waals surface area contributed by atoms with Gasteiger partial charge in [0.2, 0.25) is 0 Å². The van der Waals surface area contributed by atoms with Crippen molar-refractivity contribution in [2.75, 3.05) is 37.3 Å². The predicted molar refractivity (Wildman–Crippen MR) is 117 cm³/mol. The van der Waals surface area contributed by atoms with E-state index in [1.807, 2.05) is 16.3 Å². The zero-order valence-electron chi connectivity index (χ0n) is 16.0. The zero-order chi connectivity index (χ0) is 21.5. The van der Waals surface area contributed by atoms with Crippen LogP contribution in [-0.4, -0.2) is 55.7 Å². The molecular weight excluding hydrogens is 448 g/mol. The molecule has 1 aliphatic rings. The number of hydrogen-bond donors (Lipinski definition) is 0. The summed E-state index contributed by atoms with van der Waals surface area (Å²) in [6, 6.07) is 6.30. The quantitative estimate of drug-likeness (QED) is 0.416. The van der Waals surface area contributed by atoms with Gasteiger partial charge in [-0.15, -0.1) is 11.3 Å². The summed E-state index contributed by atoms with van der Waals surface area (Å²) in [6.45, 7) is 3.73. The largest absolute Gasteiger partial charge is 0.345 e. The molecule has 3 aromatic rings. The first kappa shape index (κ1) is 20.8. The van der Waals surface area contributed by atoms with E-state index in [1.54, 1.807) is 11.3 Å². The van der Waals surface area contributed by atoms with Crippen LogP contribution in [-0.2, 0) is 16.4 Å². The first-order valence-electron chi connectivity index (χ1n) is 9.05. The van der Waals surface area contributed by atoms with Crippen LogP contribution >= 0.6 is 22.7 Å². The van der Waals surface area contributed by atoms with E-state index in [0.717, 1.165) is 43.3 Å². The van der Waals surface area contributed by atoms with Gasteiger partial charge in [0, 0.05) is 49.9 Å². The maximum absolute atomic E-state index is 12.6. The number of hydrogen-bond acceptors (Lipinski definition) is 10. The Morgan fingerprint density at radius 3 is 2.57 bits per heavy atom. The van der Waals surface area contributed by atoms with Crippen LogP contribution in [0.4, 0.5) is 10.8 Å². The first-order valence-corrected chi connectivity index (χ1v) is 12.6. The second-order valence-corrected chi connectivity index (χ2v) is 11.0. The van der Waals surface area contributed by atoms with E-state index in [4.69, 9.17) is 0 Å². The van der Waals surface area contributed by atoms with E-state index < -0.39 is 26.0 Å². The van der Waals surface area contributed by atoms with Gasteiger partial charge >= 0.3 is 0 Å². The molecule has 12 heteroatoms. The summed E-state index contributed by atoms with van der Waals surface area (Å²) in [5, 5.41) is 14.0. The number of nitro benzene ring substituents is 1. The number of benzene rings is 1. The van der Waals surface area contributed by atoms with Crippen LogP contribution in [0.15, 0.2) is 39.3 Å². The number of sulfone groups is 1. The zero-order valence-corrected chi connectivity index (χ0v) is 18.4. The molecule has 0 unspecified atom stereocenters. The number of fused-ring (bicyclic) bond motifs is 1. The summed E-state index contributed by atoms with van der Waals surface area (Å²) in [5.41, 5.74) is -1.05. The molecule has 1 fully saturated rings. The Labute approximate surface area is 180 Å². The topological polar surface area (TPSA) is 114 Å². The van der Waals surface area contributed by atoms with Crippen molar-refractivity contribution in [1.29, 1.82) is 0 Å². The monoisotopic (exact) mass is 466 g/mol. The molecule has 30 heavy (non-hydrogen) atoms. The molecule has 0 bridgehead atoms. The summed E-state index contributed by atoms with van der Waals surface area (Å²) < 4.78 is 23.9. The summed E-state index contributed by atoms with van der Waals surface area (Å²) >= 11 is 2.76. The van der Waals surface area contributed by atoms with Gasteiger partial charge in [-0.1, -0.05) is 17.4 Å². The van der Waals surface area contributed by atoms with Gasteiger partial charge in [0.25, 0.3) is 11.2 Å². The van der Waals surface area contributed by atoms with Crippen LogP contribution in [0.2, 0.25) is 0 Å². The lowest BCUT2D eigenvalue weighted by Gasteiger charge is -2.34. The minimum absolute atomic E-state index is 0.0466. The maximum Gasteiger partial charge on any atom is 0.288 e. The van der Waals surface area contributed by atoms with Gasteiger partial charge in [-0.3, -0.25) is 19.8 Å². The molecule has 0 spiro atoms. The Kier molecular flexibility index (Phi) is 5.57. The fourth-order valence-corrected chi connectivity index (χ4v) is 5.84. The molecule has 1 aromatic carbocycles. The Hall–Kier alpha value is -2.41. The third kappa shape index (κ3) is 4.21. The van der Waals surface area contributed by atoms with Gasteiger partial charge in [-0.25, -0.2) is 8.42 Å². The van der Waals surface area contributed by atoms with Crippen molar-refractivity contribution in [1.82, 2.24) is 9.88 Å². The molecular formula is C18H18N4O5S3. The van der Waals surface area contributed by atoms with Crippen molar-refractivity contribution in [3.8, 4) is 0 Å². The molecule has 1 aliphatic heterocycles. The second kappa shape index (κ2) is 8.02. The highest BCUT2D eigenvalue weighted by Gasteiger charge is 2.25. The van der Waals surface area contributed by atoms with Gasteiger partial charge in [-0.05, 0) is 17.5 Å². The van der Waals surface area contributed by atoms with Crippen LogP contribution in [0, 0.1) is 10.1 Å². The molecule has 0 atom stereocenters. The highest BCUT2D eigenvalue weighted by atomic mass is 32.2. The molecule has 3 heterocycles. The Balaban J connectivity index is 1.65. The van der Waals surface area contributed by atoms with Crippen molar-refractivity contribution in [3.05, 3.63) is 55.0 Å². The van der Waals surface area contributed by atoms with E-state index in [1.165, 1.54) is 10.9 Å². The van der Waals surface area contributed by atoms with Gasteiger partial charge in [-0.2, -0.15) is 4.98 Å². The maximum atomic E-state index is 12.6. The summed E-state index contributed by atoms with van der Waals surface area (Å²) in [5.74, 6) is 0. The summed E-state index contributed by atoms with van der Waals surface area (Å²) in [4.78, 5) is 32.9. The van der Waals surface area contributed by atoms with Crippen LogP contribution in [0.3, 0.4) is 0 Å². The van der Waals surface area contributed by atoms with Crippen molar-refractivity contribution < 1.29 is 13.3 Å². The fourth-order valence-electron chi connectivity index (χ4n) is 3.32. The summed E-state index contributed by atoms with van der Waals surface area (Å²) in [6.07, 6.45) is 0.948. The molecule has 2 aromatic heterocycles. The number of nitrogens with zero attached hydrogens (tertiary/aromatic N) is 4. The van der Waals surface area contributed by atoms with E-state index in [2.05, 4.69) is 16.0 Å². The summed E-state index contributed by atoms with van der Waals surface area (Å²) in [7, 11) is -3.71. The lowest BCUT2D eigenvalue weighted by atomic mass is 10.2. The average molecular weight is 467 g/mol. The molecule has 158 valence electrons. The number of anilines is 1. The molecule has 0 saturated carbocycles. The minimum Gasteiger partial charge on any atom is -0.345 e. The smallest absolute Gasteiger partial charge is 0.288 e. The lowest BCUT2D eigenvalue weighted by molar-refractivity contribution is -0.383. The number of rotatable bonds is 5. The Bertz CT molecular complexity index is 1260. The number of nitro groups is 1. The lowest BCUT2D eigenvalue weighted by Crippen LogP contribution is -2.46. The van der Waals surface area contributed by atoms with Crippen LogP contribution in [0.25, 0.3) is 10.1 Å².